The summed E-state index contributed by atoms with van der Waals surface area (Å²) in [5, 5.41) is 6.69. The van der Waals surface area contributed by atoms with Gasteiger partial charge in [0.25, 0.3) is 0 Å². The van der Waals surface area contributed by atoms with Gasteiger partial charge in [-0.25, -0.2) is 4.98 Å². The van der Waals surface area contributed by atoms with Crippen molar-refractivity contribution in [2.75, 3.05) is 39.4 Å². The molecule has 0 radical (unpaired) electrons. The minimum absolute atomic E-state index is 0.362. The predicted molar refractivity (Wildman–Crippen MR) is 65.8 cm³/mol. The van der Waals surface area contributed by atoms with Crippen molar-refractivity contribution in [1.82, 2.24) is 15.2 Å². The van der Waals surface area contributed by atoms with E-state index < -0.39 is 0 Å². The van der Waals surface area contributed by atoms with Crippen LogP contribution in [0.1, 0.15) is 18.0 Å². The highest BCUT2D eigenvalue weighted by Gasteiger charge is 2.11. The number of nitrogens with zero attached hydrogens (tertiary/aromatic N) is 2. The standard InChI is InChI=1S/C11H19N3OS/c1-10(11-13-3-9-16-11)12-2-4-14-5-7-15-8-6-14/h3,9-10,12H,2,4-8H2,1H3. The first kappa shape index (κ1) is 12.0. The molecule has 1 aliphatic rings. The van der Waals surface area contributed by atoms with Crippen LogP contribution in [-0.2, 0) is 4.74 Å². The summed E-state index contributed by atoms with van der Waals surface area (Å²) in [6, 6.07) is 0.362. The Hall–Kier alpha value is -0.490. The van der Waals surface area contributed by atoms with Gasteiger partial charge in [0.05, 0.1) is 19.3 Å². The molecule has 0 aromatic carbocycles. The topological polar surface area (TPSA) is 37.4 Å². The molecule has 1 saturated heterocycles. The first-order valence-electron chi connectivity index (χ1n) is 5.79. The second-order valence-corrected chi connectivity index (χ2v) is 4.93. The molecule has 1 atom stereocenters. The number of ether oxygens (including phenoxy) is 1. The van der Waals surface area contributed by atoms with Crippen LogP contribution in [0.5, 0.6) is 0 Å². The Morgan fingerprint density at radius 2 is 2.38 bits per heavy atom. The molecule has 1 aliphatic heterocycles. The molecule has 0 aliphatic carbocycles. The Labute approximate surface area is 101 Å². The molecule has 1 aromatic rings. The van der Waals surface area contributed by atoms with E-state index in [-0.39, 0.29) is 0 Å². The first-order chi connectivity index (χ1) is 7.86. The second-order valence-electron chi connectivity index (χ2n) is 4.00. The fourth-order valence-corrected chi connectivity index (χ4v) is 2.47. The van der Waals surface area contributed by atoms with Gasteiger partial charge in [-0.3, -0.25) is 4.90 Å². The van der Waals surface area contributed by atoms with Gasteiger partial charge in [0.2, 0.25) is 0 Å². The van der Waals surface area contributed by atoms with E-state index >= 15 is 0 Å². The highest BCUT2D eigenvalue weighted by Crippen LogP contribution is 2.14. The van der Waals surface area contributed by atoms with Crippen molar-refractivity contribution >= 4 is 11.3 Å². The van der Waals surface area contributed by atoms with Gasteiger partial charge in [0, 0.05) is 37.8 Å². The van der Waals surface area contributed by atoms with E-state index in [2.05, 4.69) is 22.1 Å². The van der Waals surface area contributed by atoms with Gasteiger partial charge >= 0.3 is 0 Å². The van der Waals surface area contributed by atoms with Crippen LogP contribution in [0, 0.1) is 0 Å². The minimum Gasteiger partial charge on any atom is -0.379 e. The third-order valence-corrected chi connectivity index (χ3v) is 3.76. The SMILES string of the molecule is CC(NCCN1CCOCC1)c1nccs1. The van der Waals surface area contributed by atoms with Gasteiger partial charge in [-0.05, 0) is 6.92 Å². The van der Waals surface area contributed by atoms with Gasteiger partial charge < -0.3 is 10.1 Å². The molecule has 0 saturated carbocycles. The van der Waals surface area contributed by atoms with Crippen molar-refractivity contribution in [3.8, 4) is 0 Å². The lowest BCUT2D eigenvalue weighted by Gasteiger charge is -2.27. The van der Waals surface area contributed by atoms with Crippen LogP contribution in [0.3, 0.4) is 0 Å². The van der Waals surface area contributed by atoms with Gasteiger partial charge in [0.15, 0.2) is 0 Å². The molecule has 0 spiro atoms. The summed E-state index contributed by atoms with van der Waals surface area (Å²) >= 11 is 1.71. The zero-order valence-corrected chi connectivity index (χ0v) is 10.5. The summed E-state index contributed by atoms with van der Waals surface area (Å²) in [5.74, 6) is 0. The third-order valence-electron chi connectivity index (χ3n) is 2.80. The lowest BCUT2D eigenvalue weighted by molar-refractivity contribution is 0.0382. The van der Waals surface area contributed by atoms with Crippen LogP contribution in [0.25, 0.3) is 0 Å². The van der Waals surface area contributed by atoms with Crippen molar-refractivity contribution in [3.05, 3.63) is 16.6 Å². The van der Waals surface area contributed by atoms with E-state index in [9.17, 15) is 0 Å². The molecule has 2 rings (SSSR count). The average molecular weight is 241 g/mol. The number of rotatable bonds is 5. The average Bonchev–Trinajstić information content (AvgIpc) is 2.84. The lowest BCUT2D eigenvalue weighted by atomic mass is 10.3. The van der Waals surface area contributed by atoms with E-state index in [4.69, 9.17) is 4.74 Å². The number of hydrogen-bond donors (Lipinski definition) is 1. The largest absolute Gasteiger partial charge is 0.379 e. The summed E-state index contributed by atoms with van der Waals surface area (Å²) in [6.45, 7) is 8.16. The third kappa shape index (κ3) is 3.52. The Morgan fingerprint density at radius 3 is 3.06 bits per heavy atom. The number of nitrogens with one attached hydrogen (secondary N) is 1. The Morgan fingerprint density at radius 1 is 1.56 bits per heavy atom. The first-order valence-corrected chi connectivity index (χ1v) is 6.67. The lowest BCUT2D eigenvalue weighted by Crippen LogP contribution is -2.40. The maximum absolute atomic E-state index is 5.32. The van der Waals surface area contributed by atoms with Gasteiger partial charge in [-0.1, -0.05) is 0 Å². The summed E-state index contributed by atoms with van der Waals surface area (Å²) in [6.07, 6.45) is 1.86. The Bertz CT molecular complexity index is 285. The molecular formula is C11H19N3OS. The van der Waals surface area contributed by atoms with Crippen molar-refractivity contribution in [2.24, 2.45) is 0 Å². The maximum Gasteiger partial charge on any atom is 0.109 e. The molecule has 5 heteroatoms. The fraction of sp³-hybridized carbons (Fsp3) is 0.727. The predicted octanol–water partition coefficient (Wildman–Crippen LogP) is 1.13. The molecule has 90 valence electrons. The smallest absolute Gasteiger partial charge is 0.109 e. The molecule has 1 fully saturated rings. The number of morpholine rings is 1. The van der Waals surface area contributed by atoms with Crippen LogP contribution < -0.4 is 5.32 Å². The Kier molecular flexibility index (Phi) is 4.71. The summed E-state index contributed by atoms with van der Waals surface area (Å²) in [4.78, 5) is 6.74. The Balaban J connectivity index is 1.63. The zero-order valence-electron chi connectivity index (χ0n) is 9.69. The van der Waals surface area contributed by atoms with Gasteiger partial charge in [-0.15, -0.1) is 11.3 Å². The molecule has 1 N–H and O–H groups in total. The van der Waals surface area contributed by atoms with Crippen molar-refractivity contribution < 1.29 is 4.74 Å². The minimum atomic E-state index is 0.362. The molecular weight excluding hydrogens is 222 g/mol. The molecule has 16 heavy (non-hydrogen) atoms. The van der Waals surface area contributed by atoms with Crippen molar-refractivity contribution in [2.45, 2.75) is 13.0 Å². The zero-order chi connectivity index (χ0) is 11.2. The van der Waals surface area contributed by atoms with Crippen LogP contribution in [0.4, 0.5) is 0 Å². The van der Waals surface area contributed by atoms with Gasteiger partial charge in [0.1, 0.15) is 5.01 Å². The van der Waals surface area contributed by atoms with Crippen LogP contribution in [0.15, 0.2) is 11.6 Å². The second kappa shape index (κ2) is 6.30. The molecule has 0 amide bonds. The number of hydrogen-bond acceptors (Lipinski definition) is 5. The van der Waals surface area contributed by atoms with E-state index in [0.717, 1.165) is 39.4 Å². The maximum atomic E-state index is 5.32. The van der Waals surface area contributed by atoms with Crippen LogP contribution in [-0.4, -0.2) is 49.3 Å². The summed E-state index contributed by atoms with van der Waals surface area (Å²) in [7, 11) is 0. The number of thiazole rings is 1. The fourth-order valence-electron chi connectivity index (χ4n) is 1.80. The van der Waals surface area contributed by atoms with E-state index in [1.165, 1.54) is 5.01 Å². The van der Waals surface area contributed by atoms with E-state index in [1.54, 1.807) is 11.3 Å². The van der Waals surface area contributed by atoms with Crippen LogP contribution >= 0.6 is 11.3 Å². The molecule has 0 bridgehead atoms. The number of aromatic nitrogens is 1. The monoisotopic (exact) mass is 241 g/mol. The highest BCUT2D eigenvalue weighted by atomic mass is 32.1. The van der Waals surface area contributed by atoms with Crippen LogP contribution in [0.2, 0.25) is 0 Å². The quantitative estimate of drug-likeness (QED) is 0.838. The normalized spacial score (nSPS) is 19.8. The summed E-state index contributed by atoms with van der Waals surface area (Å²) in [5.41, 5.74) is 0. The van der Waals surface area contributed by atoms with Crippen molar-refractivity contribution in [3.63, 3.8) is 0 Å². The molecule has 4 nitrogen and oxygen atoms in total. The molecule has 1 aromatic heterocycles. The molecule has 1 unspecified atom stereocenters. The highest BCUT2D eigenvalue weighted by molar-refractivity contribution is 7.09. The van der Waals surface area contributed by atoms with Gasteiger partial charge in [-0.2, -0.15) is 0 Å². The van der Waals surface area contributed by atoms with E-state index in [1.807, 2.05) is 11.6 Å². The molecule has 2 heterocycles. The van der Waals surface area contributed by atoms with E-state index in [0.29, 0.717) is 6.04 Å². The summed E-state index contributed by atoms with van der Waals surface area (Å²) < 4.78 is 5.32. The van der Waals surface area contributed by atoms with Crippen molar-refractivity contribution in [1.29, 1.82) is 0 Å².